The Hall–Kier alpha value is -1.18. The van der Waals surface area contributed by atoms with Crippen LogP contribution in [0.4, 0.5) is 0 Å². The molecule has 0 aliphatic carbocycles. The van der Waals surface area contributed by atoms with Gasteiger partial charge in [0.2, 0.25) is 0 Å². The first-order valence-corrected chi connectivity index (χ1v) is 2.21. The number of hydrogen-bond donors (Lipinski definition) is 0. The van der Waals surface area contributed by atoms with Crippen LogP contribution in [0, 0.1) is 0 Å². The molecule has 1 heterocycles. The Morgan fingerprint density at radius 1 is 1.88 bits per heavy atom. The van der Waals surface area contributed by atoms with Crippen LogP contribution in [0.1, 0.15) is 11.7 Å². The molecule has 1 aromatic rings. The maximum atomic E-state index is 10.3. The molecule has 0 aromatic carbocycles. The van der Waals surface area contributed by atoms with Gasteiger partial charge in [0.15, 0.2) is 6.26 Å². The fourth-order valence-electron chi connectivity index (χ4n) is 0.423. The largest absolute Gasteiger partial charge is 0.298 e. The molecule has 0 saturated heterocycles. The number of aromatic nitrogens is 1. The van der Waals surface area contributed by atoms with E-state index in [1.165, 1.54) is 6.20 Å². The van der Waals surface area contributed by atoms with E-state index in [4.69, 9.17) is 1.37 Å². The third-order valence-corrected chi connectivity index (χ3v) is 0.779. The standard InChI is InChI=1S/C6H5NO/c8-5-6-2-1-3-7-4-6/h1-5H/i5D. The number of aldehydes is 1. The minimum absolute atomic E-state index is 0.331. The van der Waals surface area contributed by atoms with Gasteiger partial charge in [-0.25, -0.2) is 0 Å². The third kappa shape index (κ3) is 0.904. The van der Waals surface area contributed by atoms with Crippen molar-refractivity contribution in [3.8, 4) is 0 Å². The highest BCUT2D eigenvalue weighted by atomic mass is 16.1. The first kappa shape index (κ1) is 3.78. The van der Waals surface area contributed by atoms with Crippen LogP contribution >= 0.6 is 0 Å². The normalized spacial score (nSPS) is 10.2. The summed E-state index contributed by atoms with van der Waals surface area (Å²) in [6, 6.07) is 3.18. The molecule has 2 nitrogen and oxygen atoms in total. The van der Waals surface area contributed by atoms with Crippen molar-refractivity contribution < 1.29 is 6.17 Å². The van der Waals surface area contributed by atoms with Crippen molar-refractivity contribution in [3.05, 3.63) is 30.1 Å². The van der Waals surface area contributed by atoms with Crippen molar-refractivity contribution >= 4 is 6.26 Å². The molecule has 0 saturated carbocycles. The predicted molar refractivity (Wildman–Crippen MR) is 29.6 cm³/mol. The van der Waals surface area contributed by atoms with Crippen LogP contribution in [0.25, 0.3) is 0 Å². The van der Waals surface area contributed by atoms with Crippen LogP contribution in [-0.4, -0.2) is 11.2 Å². The average Bonchev–Trinajstić information content (AvgIpc) is 1.90. The Morgan fingerprint density at radius 2 is 2.75 bits per heavy atom. The third-order valence-electron chi connectivity index (χ3n) is 0.779. The number of hydrogen-bond acceptors (Lipinski definition) is 2. The summed E-state index contributed by atoms with van der Waals surface area (Å²) in [6.07, 6.45) is 2.24. The highest BCUT2D eigenvalue weighted by Crippen LogP contribution is 1.87. The first-order valence-electron chi connectivity index (χ1n) is 2.71. The van der Waals surface area contributed by atoms with E-state index in [2.05, 4.69) is 4.98 Å². The van der Waals surface area contributed by atoms with E-state index in [0.717, 1.165) is 0 Å². The summed E-state index contributed by atoms with van der Waals surface area (Å²) in [5, 5.41) is 0. The molecule has 0 amide bonds. The van der Waals surface area contributed by atoms with E-state index in [-0.39, 0.29) is 0 Å². The van der Waals surface area contributed by atoms with Gasteiger partial charge in [-0.1, -0.05) is 0 Å². The second-order valence-corrected chi connectivity index (χ2v) is 1.34. The summed E-state index contributed by atoms with van der Waals surface area (Å²) >= 11 is 0. The molecule has 8 heavy (non-hydrogen) atoms. The smallest absolute Gasteiger partial charge is 0.151 e. The van der Waals surface area contributed by atoms with Crippen molar-refractivity contribution in [2.75, 3.05) is 0 Å². The van der Waals surface area contributed by atoms with Crippen molar-refractivity contribution in [2.24, 2.45) is 0 Å². The number of pyridine rings is 1. The van der Waals surface area contributed by atoms with Gasteiger partial charge in [-0.3, -0.25) is 9.78 Å². The molecule has 0 fully saturated rings. The second-order valence-electron chi connectivity index (χ2n) is 1.34. The quantitative estimate of drug-likeness (QED) is 0.500. The molecule has 0 atom stereocenters. The van der Waals surface area contributed by atoms with Gasteiger partial charge in [-0.15, -0.1) is 0 Å². The zero-order valence-electron chi connectivity index (χ0n) is 5.16. The Balaban J connectivity index is 2.98. The molecule has 0 radical (unpaired) electrons. The fourth-order valence-corrected chi connectivity index (χ4v) is 0.423. The van der Waals surface area contributed by atoms with E-state index >= 15 is 0 Å². The molecular weight excluding hydrogens is 102 g/mol. The van der Waals surface area contributed by atoms with Crippen molar-refractivity contribution in [2.45, 2.75) is 0 Å². The van der Waals surface area contributed by atoms with E-state index in [0.29, 0.717) is 5.56 Å². The highest BCUT2D eigenvalue weighted by Gasteiger charge is 1.81. The topological polar surface area (TPSA) is 30.0 Å². The maximum Gasteiger partial charge on any atom is 0.151 e. The van der Waals surface area contributed by atoms with Crippen molar-refractivity contribution in [3.63, 3.8) is 0 Å². The Morgan fingerprint density at radius 3 is 3.12 bits per heavy atom. The molecule has 1 rings (SSSR count). The minimum atomic E-state index is -0.692. The number of rotatable bonds is 1. The summed E-state index contributed by atoms with van der Waals surface area (Å²) in [5.74, 6) is 0. The molecule has 40 valence electrons. The van der Waals surface area contributed by atoms with Crippen LogP contribution in [0.15, 0.2) is 24.5 Å². The fraction of sp³-hybridized carbons (Fsp3) is 0. The van der Waals surface area contributed by atoms with Gasteiger partial charge in [0.25, 0.3) is 0 Å². The summed E-state index contributed by atoms with van der Waals surface area (Å²) in [4.78, 5) is 13.9. The van der Waals surface area contributed by atoms with E-state index in [1.54, 1.807) is 18.3 Å². The zero-order chi connectivity index (χ0) is 6.69. The molecule has 0 spiro atoms. The summed E-state index contributed by atoms with van der Waals surface area (Å²) < 4.78 is 6.64. The van der Waals surface area contributed by atoms with Gasteiger partial charge in [0.05, 0.1) is 0 Å². The van der Waals surface area contributed by atoms with E-state index in [1.807, 2.05) is 0 Å². The van der Waals surface area contributed by atoms with Gasteiger partial charge in [-0.05, 0) is 12.1 Å². The average molecular weight is 108 g/mol. The van der Waals surface area contributed by atoms with Crippen molar-refractivity contribution in [1.82, 2.24) is 4.98 Å². The molecule has 0 aliphatic heterocycles. The predicted octanol–water partition coefficient (Wildman–Crippen LogP) is 0.894. The first-order chi connectivity index (χ1) is 4.30. The maximum absolute atomic E-state index is 10.3. The zero-order valence-corrected chi connectivity index (χ0v) is 4.16. The Bertz CT molecular complexity index is 210. The summed E-state index contributed by atoms with van der Waals surface area (Å²) in [7, 11) is 0. The summed E-state index contributed by atoms with van der Waals surface area (Å²) in [5.41, 5.74) is 0.331. The van der Waals surface area contributed by atoms with Gasteiger partial charge in [0, 0.05) is 18.0 Å². The molecule has 0 bridgehead atoms. The van der Waals surface area contributed by atoms with E-state index in [9.17, 15) is 4.79 Å². The lowest BCUT2D eigenvalue weighted by Crippen LogP contribution is -1.77. The molecule has 0 N–H and O–H groups in total. The molecular formula is C6H5NO. The van der Waals surface area contributed by atoms with Gasteiger partial charge >= 0.3 is 0 Å². The van der Waals surface area contributed by atoms with Gasteiger partial charge in [-0.2, -0.15) is 0 Å². The second kappa shape index (κ2) is 2.21. The van der Waals surface area contributed by atoms with Crippen LogP contribution in [0.2, 0.25) is 0 Å². The number of nitrogens with zero attached hydrogens (tertiary/aromatic N) is 1. The Labute approximate surface area is 48.6 Å². The molecule has 1 aromatic heterocycles. The lowest BCUT2D eigenvalue weighted by Gasteiger charge is -1.81. The molecule has 0 aliphatic rings. The van der Waals surface area contributed by atoms with Crippen molar-refractivity contribution in [1.29, 1.82) is 0 Å². The van der Waals surface area contributed by atoms with Crippen LogP contribution in [-0.2, 0) is 0 Å². The van der Waals surface area contributed by atoms with Crippen LogP contribution < -0.4 is 0 Å². The summed E-state index contributed by atoms with van der Waals surface area (Å²) in [6.45, 7) is 0. The monoisotopic (exact) mass is 108 g/mol. The SMILES string of the molecule is [2H]C(=O)c1cccnc1. The van der Waals surface area contributed by atoms with Crippen LogP contribution in [0.5, 0.6) is 0 Å². The number of carbonyl (C=O) groups is 1. The molecule has 0 unspecified atom stereocenters. The van der Waals surface area contributed by atoms with Crippen LogP contribution in [0.3, 0.4) is 0 Å². The van der Waals surface area contributed by atoms with E-state index < -0.39 is 6.26 Å². The Kier molecular flexibility index (Phi) is 1.04. The number of carbonyl (C=O) groups excluding carboxylic acids is 1. The lowest BCUT2D eigenvalue weighted by molar-refractivity contribution is 0.112. The van der Waals surface area contributed by atoms with Gasteiger partial charge in [0.1, 0.15) is 1.37 Å². The van der Waals surface area contributed by atoms with Gasteiger partial charge < -0.3 is 0 Å². The minimum Gasteiger partial charge on any atom is -0.298 e. The lowest BCUT2D eigenvalue weighted by atomic mass is 10.3. The highest BCUT2D eigenvalue weighted by molar-refractivity contribution is 5.73. The molecule has 2 heteroatoms.